The maximum atomic E-state index is 12.6. The topological polar surface area (TPSA) is 63.7 Å². The average Bonchev–Trinajstić information content (AvgIpc) is 2.82. The molecule has 0 heterocycles. The number of methoxy groups -OCH3 is 1. The van der Waals surface area contributed by atoms with Gasteiger partial charge in [-0.25, -0.2) is 12.7 Å². The molecule has 2 rings (SSSR count). The van der Waals surface area contributed by atoms with Gasteiger partial charge in [0.25, 0.3) is 0 Å². The van der Waals surface area contributed by atoms with Gasteiger partial charge in [-0.2, -0.15) is 0 Å². The summed E-state index contributed by atoms with van der Waals surface area (Å²) in [5.41, 5.74) is 0. The molecular formula is C13H23NO4S. The zero-order valence-electron chi connectivity index (χ0n) is 11.7. The summed E-state index contributed by atoms with van der Waals surface area (Å²) in [6.07, 6.45) is 5.40. The molecule has 0 aromatic rings. The molecule has 0 aromatic heterocycles. The minimum Gasteiger partial charge on any atom is -0.469 e. The second-order valence-corrected chi connectivity index (χ2v) is 7.98. The fraction of sp³-hybridized carbons (Fsp3) is 0.923. The highest BCUT2D eigenvalue weighted by Gasteiger charge is 2.44. The third kappa shape index (κ3) is 2.94. The Balaban J connectivity index is 2.06. The first kappa shape index (κ1) is 14.8. The molecule has 2 atom stereocenters. The monoisotopic (exact) mass is 289 g/mol. The molecule has 0 spiro atoms. The minimum atomic E-state index is -3.38. The van der Waals surface area contributed by atoms with Gasteiger partial charge in [0.2, 0.25) is 10.0 Å². The van der Waals surface area contributed by atoms with Crippen molar-refractivity contribution in [3.63, 3.8) is 0 Å². The Morgan fingerprint density at radius 3 is 2.37 bits per heavy atom. The molecule has 0 bridgehead atoms. The van der Waals surface area contributed by atoms with Crippen molar-refractivity contribution in [1.82, 2.24) is 4.31 Å². The van der Waals surface area contributed by atoms with Crippen molar-refractivity contribution in [3.05, 3.63) is 0 Å². The number of hydrogen-bond donors (Lipinski definition) is 0. The summed E-state index contributed by atoms with van der Waals surface area (Å²) in [6.45, 7) is 0.590. The van der Waals surface area contributed by atoms with Crippen LogP contribution >= 0.6 is 0 Å². The maximum Gasteiger partial charge on any atom is 0.310 e. The highest BCUT2D eigenvalue weighted by atomic mass is 32.2. The molecule has 2 saturated carbocycles. The molecule has 2 unspecified atom stereocenters. The second kappa shape index (κ2) is 5.79. The van der Waals surface area contributed by atoms with Crippen molar-refractivity contribution in [2.75, 3.05) is 20.7 Å². The predicted molar refractivity (Wildman–Crippen MR) is 72.0 cm³/mol. The highest BCUT2D eigenvalue weighted by molar-refractivity contribution is 7.89. The second-order valence-electron chi connectivity index (χ2n) is 5.72. The minimum absolute atomic E-state index is 0.386. The third-order valence-corrected chi connectivity index (χ3v) is 6.86. The van der Waals surface area contributed by atoms with Gasteiger partial charge in [-0.3, -0.25) is 4.79 Å². The molecule has 19 heavy (non-hydrogen) atoms. The average molecular weight is 289 g/mol. The van der Waals surface area contributed by atoms with E-state index >= 15 is 0 Å². The van der Waals surface area contributed by atoms with Crippen molar-refractivity contribution < 1.29 is 17.9 Å². The number of esters is 1. The molecule has 6 heteroatoms. The Labute approximate surface area is 115 Å². The Morgan fingerprint density at radius 2 is 1.84 bits per heavy atom. The summed E-state index contributed by atoms with van der Waals surface area (Å²) in [5.74, 6) is -0.375. The standard InChI is InChI=1S/C13H23NO4S/c1-14(9-10-5-3-6-10)19(16,17)12-8-4-7-11(12)13(15)18-2/h10-12H,3-9H2,1-2H3. The van der Waals surface area contributed by atoms with Crippen molar-refractivity contribution >= 4 is 16.0 Å². The summed E-state index contributed by atoms with van der Waals surface area (Å²) >= 11 is 0. The van der Waals surface area contributed by atoms with Gasteiger partial charge in [0.05, 0.1) is 18.3 Å². The fourth-order valence-corrected chi connectivity index (χ4v) is 5.09. The number of ether oxygens (including phenoxy) is 1. The first-order valence-electron chi connectivity index (χ1n) is 6.99. The van der Waals surface area contributed by atoms with Crippen LogP contribution in [0.4, 0.5) is 0 Å². The molecule has 0 saturated heterocycles. The first-order valence-corrected chi connectivity index (χ1v) is 8.50. The van der Waals surface area contributed by atoms with Crippen LogP contribution in [0.1, 0.15) is 38.5 Å². The van der Waals surface area contributed by atoms with E-state index < -0.39 is 21.2 Å². The van der Waals surface area contributed by atoms with Crippen LogP contribution in [0.3, 0.4) is 0 Å². The lowest BCUT2D eigenvalue weighted by Crippen LogP contribution is -2.43. The van der Waals surface area contributed by atoms with Crippen LogP contribution in [0.2, 0.25) is 0 Å². The summed E-state index contributed by atoms with van der Waals surface area (Å²) in [4.78, 5) is 11.7. The zero-order chi connectivity index (χ0) is 14.0. The van der Waals surface area contributed by atoms with E-state index in [2.05, 4.69) is 0 Å². The van der Waals surface area contributed by atoms with Crippen LogP contribution in [0.5, 0.6) is 0 Å². The van der Waals surface area contributed by atoms with E-state index in [1.165, 1.54) is 17.8 Å². The van der Waals surface area contributed by atoms with Gasteiger partial charge in [-0.15, -0.1) is 0 Å². The maximum absolute atomic E-state index is 12.6. The van der Waals surface area contributed by atoms with Gasteiger partial charge >= 0.3 is 5.97 Å². The van der Waals surface area contributed by atoms with E-state index in [0.717, 1.165) is 19.3 Å². The molecular weight excluding hydrogens is 266 g/mol. The van der Waals surface area contributed by atoms with Gasteiger partial charge in [-0.1, -0.05) is 12.8 Å². The van der Waals surface area contributed by atoms with Crippen LogP contribution in [0.15, 0.2) is 0 Å². The SMILES string of the molecule is COC(=O)C1CCCC1S(=O)(=O)N(C)CC1CCC1. The molecule has 0 radical (unpaired) electrons. The van der Waals surface area contributed by atoms with Crippen LogP contribution in [-0.2, 0) is 19.6 Å². The molecule has 110 valence electrons. The summed E-state index contributed by atoms with van der Waals surface area (Å²) in [6, 6.07) is 0. The lowest BCUT2D eigenvalue weighted by Gasteiger charge is -2.31. The molecule has 0 N–H and O–H groups in total. The van der Waals surface area contributed by atoms with Crippen molar-refractivity contribution in [2.24, 2.45) is 11.8 Å². The van der Waals surface area contributed by atoms with Crippen molar-refractivity contribution in [3.8, 4) is 0 Å². The van der Waals surface area contributed by atoms with Crippen LogP contribution in [-0.4, -0.2) is 44.6 Å². The zero-order valence-corrected chi connectivity index (χ0v) is 12.5. The number of rotatable bonds is 5. The highest BCUT2D eigenvalue weighted by Crippen LogP contribution is 2.35. The van der Waals surface area contributed by atoms with E-state index in [1.807, 2.05) is 0 Å². The van der Waals surface area contributed by atoms with Crippen molar-refractivity contribution in [1.29, 1.82) is 0 Å². The number of nitrogens with zero attached hydrogens (tertiary/aromatic N) is 1. The Hall–Kier alpha value is -0.620. The molecule has 2 fully saturated rings. The van der Waals surface area contributed by atoms with Crippen molar-refractivity contribution in [2.45, 2.75) is 43.8 Å². The van der Waals surface area contributed by atoms with Crippen LogP contribution < -0.4 is 0 Å². The van der Waals surface area contributed by atoms with Gasteiger partial charge < -0.3 is 4.74 Å². The summed E-state index contributed by atoms with van der Waals surface area (Å²) < 4.78 is 31.3. The summed E-state index contributed by atoms with van der Waals surface area (Å²) in [5, 5.41) is -0.593. The van der Waals surface area contributed by atoms with Crippen LogP contribution in [0, 0.1) is 11.8 Å². The van der Waals surface area contributed by atoms with Crippen LogP contribution in [0.25, 0.3) is 0 Å². The lowest BCUT2D eigenvalue weighted by atomic mass is 9.86. The Kier molecular flexibility index (Phi) is 4.50. The molecule has 0 amide bonds. The Bertz CT molecular complexity index is 430. The smallest absolute Gasteiger partial charge is 0.310 e. The number of sulfonamides is 1. The van der Waals surface area contributed by atoms with E-state index in [4.69, 9.17) is 4.74 Å². The fourth-order valence-electron chi connectivity index (χ4n) is 3.08. The summed E-state index contributed by atoms with van der Waals surface area (Å²) in [7, 11) is -0.421. The largest absolute Gasteiger partial charge is 0.469 e. The Morgan fingerprint density at radius 1 is 1.21 bits per heavy atom. The number of carbonyl (C=O) groups excluding carboxylic acids is 1. The van der Waals surface area contributed by atoms with E-state index in [0.29, 0.717) is 25.3 Å². The number of carbonyl (C=O) groups is 1. The molecule has 2 aliphatic carbocycles. The first-order chi connectivity index (χ1) is 8.96. The predicted octanol–water partition coefficient (Wildman–Crippen LogP) is 1.39. The van der Waals surface area contributed by atoms with E-state index in [9.17, 15) is 13.2 Å². The van der Waals surface area contributed by atoms with Gasteiger partial charge in [-0.05, 0) is 31.6 Å². The molecule has 0 aliphatic heterocycles. The normalized spacial score (nSPS) is 28.4. The van der Waals surface area contributed by atoms with Gasteiger partial charge in [0.15, 0.2) is 0 Å². The van der Waals surface area contributed by atoms with Gasteiger partial charge in [0.1, 0.15) is 0 Å². The van der Waals surface area contributed by atoms with E-state index in [1.54, 1.807) is 7.05 Å². The molecule has 0 aromatic carbocycles. The number of hydrogen-bond acceptors (Lipinski definition) is 4. The molecule has 2 aliphatic rings. The van der Waals surface area contributed by atoms with Gasteiger partial charge in [0, 0.05) is 13.6 Å². The quantitative estimate of drug-likeness (QED) is 0.718. The van der Waals surface area contributed by atoms with E-state index in [-0.39, 0.29) is 5.97 Å². The molecule has 5 nitrogen and oxygen atoms in total. The lowest BCUT2D eigenvalue weighted by molar-refractivity contribution is -0.145. The third-order valence-electron chi connectivity index (χ3n) is 4.51.